The molecule has 0 amide bonds. The van der Waals surface area contributed by atoms with Crippen LogP contribution in [0.25, 0.3) is 11.4 Å². The van der Waals surface area contributed by atoms with Gasteiger partial charge in [-0.3, -0.25) is 24.9 Å². The summed E-state index contributed by atoms with van der Waals surface area (Å²) in [5, 5.41) is 0. The van der Waals surface area contributed by atoms with E-state index in [-0.39, 0.29) is 26.0 Å². The molecule has 0 atom stereocenters. The Bertz CT molecular complexity index is 1560. The number of rotatable bonds is 2. The molecule has 6 heteroatoms. The summed E-state index contributed by atoms with van der Waals surface area (Å²) in [6, 6.07) is 41.7. The van der Waals surface area contributed by atoms with Crippen molar-refractivity contribution >= 4 is 0 Å². The third-order valence-electron chi connectivity index (χ3n) is 6.47. The number of benzene rings is 1. The van der Waals surface area contributed by atoms with E-state index in [0.717, 1.165) is 64.0 Å². The number of aromatic nitrogens is 5. The predicted molar refractivity (Wildman–Crippen MR) is 152 cm³/mol. The van der Waals surface area contributed by atoms with E-state index in [2.05, 4.69) is 76.7 Å². The fourth-order valence-electron chi connectivity index (χ4n) is 4.70. The summed E-state index contributed by atoms with van der Waals surface area (Å²) in [7, 11) is 0. The van der Waals surface area contributed by atoms with E-state index in [0.29, 0.717) is 0 Å². The van der Waals surface area contributed by atoms with E-state index in [1.165, 1.54) is 0 Å². The molecule has 7 rings (SSSR count). The third kappa shape index (κ3) is 6.60. The number of pyridine rings is 5. The molecule has 0 saturated carbocycles. The summed E-state index contributed by atoms with van der Waals surface area (Å²) in [4.78, 5) is 23.1. The van der Waals surface area contributed by atoms with Crippen molar-refractivity contribution in [2.45, 2.75) is 18.8 Å². The first-order valence-corrected chi connectivity index (χ1v) is 13.0. The zero-order valence-electron chi connectivity index (χ0n) is 21.7. The molecule has 0 unspecified atom stereocenters. The van der Waals surface area contributed by atoms with Gasteiger partial charge in [0.25, 0.3) is 0 Å². The van der Waals surface area contributed by atoms with Gasteiger partial charge in [-0.15, -0.1) is 5.56 Å². The van der Waals surface area contributed by atoms with Gasteiger partial charge >= 0.3 is 0 Å². The van der Waals surface area contributed by atoms with E-state index in [1.54, 1.807) is 12.4 Å². The Morgan fingerprint density at radius 3 is 1.48 bits per heavy atom. The minimum Gasteiger partial charge on any atom is -0.257 e. The van der Waals surface area contributed by atoms with E-state index in [1.807, 2.05) is 54.6 Å². The van der Waals surface area contributed by atoms with Crippen LogP contribution in [-0.4, -0.2) is 24.9 Å². The van der Waals surface area contributed by atoms with Gasteiger partial charge in [-0.25, -0.2) is 0 Å². The number of nitrogens with zero attached hydrogens (tertiary/aromatic N) is 5. The van der Waals surface area contributed by atoms with Crippen molar-refractivity contribution in [3.63, 3.8) is 0 Å². The first-order chi connectivity index (χ1) is 19.3. The molecule has 0 saturated heterocycles. The molecule has 0 spiro atoms. The van der Waals surface area contributed by atoms with Gasteiger partial charge < -0.3 is 0 Å². The second-order valence-electron chi connectivity index (χ2n) is 9.26. The Balaban J connectivity index is 0.000000209. The second kappa shape index (κ2) is 13.1. The molecule has 0 fully saturated rings. The van der Waals surface area contributed by atoms with Crippen molar-refractivity contribution in [3.05, 3.63) is 173 Å². The zero-order valence-corrected chi connectivity index (χ0v) is 24.1. The number of hydrogen-bond acceptors (Lipinski definition) is 5. The van der Waals surface area contributed by atoms with Crippen LogP contribution in [0, 0.1) is 6.07 Å². The topological polar surface area (TPSA) is 64.5 Å². The molecule has 0 aliphatic carbocycles. The first kappa shape index (κ1) is 27.2. The summed E-state index contributed by atoms with van der Waals surface area (Å²) in [6.45, 7) is 0. The standard InChI is InChI=1S/C24H18N3.C10H8N2.Ir/c1-2-7-17(8-3-1)24-22-13-5-11-20(26-22)15-18-9-4-10-19(25-18)16-21-12-6-14-23(24)27-21;1-3-7-11-9(5-1)10-6-2-4-8-12-10;/h1-7,9-14,24H,15-16H2;1-8H;/q-1;;. The first-order valence-electron chi connectivity index (χ1n) is 13.0. The minimum absolute atomic E-state index is 0. The molecule has 0 N–H and O–H groups in total. The van der Waals surface area contributed by atoms with Gasteiger partial charge in [0.15, 0.2) is 0 Å². The van der Waals surface area contributed by atoms with Crippen LogP contribution in [0.4, 0.5) is 0 Å². The van der Waals surface area contributed by atoms with Gasteiger partial charge in [0.1, 0.15) is 0 Å². The summed E-state index contributed by atoms with van der Waals surface area (Å²) < 4.78 is 0. The molecule has 197 valence electrons. The van der Waals surface area contributed by atoms with Crippen LogP contribution in [0.15, 0.2) is 128 Å². The molecule has 40 heavy (non-hydrogen) atoms. The largest absolute Gasteiger partial charge is 0.257 e. The monoisotopic (exact) mass is 697 g/mol. The Morgan fingerprint density at radius 1 is 0.500 bits per heavy atom. The van der Waals surface area contributed by atoms with Gasteiger partial charge in [0.05, 0.1) is 22.8 Å². The Labute approximate surface area is 247 Å². The SMILES string of the molecule is [Ir].[c-]1ccccc1C1c2cccc(n2)Cc2cccc(n2)Cc2cccc1n2.c1ccc(-c2ccccn2)nc1. The van der Waals surface area contributed by atoms with Gasteiger partial charge in [0.2, 0.25) is 0 Å². The molecule has 1 radical (unpaired) electrons. The van der Waals surface area contributed by atoms with Crippen LogP contribution in [0.3, 0.4) is 0 Å². The molecule has 1 aromatic carbocycles. The number of hydrogen-bond donors (Lipinski definition) is 0. The summed E-state index contributed by atoms with van der Waals surface area (Å²) in [5.74, 6) is -0.0307. The summed E-state index contributed by atoms with van der Waals surface area (Å²) in [6.07, 6.45) is 5.00. The fraction of sp³-hybridized carbons (Fsp3) is 0.0882. The minimum atomic E-state index is -0.0307. The Morgan fingerprint density at radius 2 is 1.00 bits per heavy atom. The Hall–Kier alpha value is -4.38. The van der Waals surface area contributed by atoms with Crippen LogP contribution in [0.5, 0.6) is 0 Å². The van der Waals surface area contributed by atoms with Gasteiger partial charge in [0, 0.05) is 74.0 Å². The summed E-state index contributed by atoms with van der Waals surface area (Å²) >= 11 is 0. The van der Waals surface area contributed by atoms with E-state index in [4.69, 9.17) is 15.0 Å². The molecule has 1 aliphatic rings. The maximum absolute atomic E-state index is 4.97. The molecular formula is C34H26IrN5-. The van der Waals surface area contributed by atoms with Gasteiger partial charge in [-0.2, -0.15) is 30.3 Å². The van der Waals surface area contributed by atoms with Crippen molar-refractivity contribution < 1.29 is 20.1 Å². The van der Waals surface area contributed by atoms with Crippen LogP contribution < -0.4 is 0 Å². The number of fused-ring (bicyclic) bond motifs is 6. The summed E-state index contributed by atoms with van der Waals surface area (Å²) in [5.41, 5.74) is 9.03. The van der Waals surface area contributed by atoms with E-state index < -0.39 is 0 Å². The van der Waals surface area contributed by atoms with Crippen molar-refractivity contribution in [1.29, 1.82) is 0 Å². The smallest absolute Gasteiger partial charge is 0.0886 e. The van der Waals surface area contributed by atoms with Crippen LogP contribution in [0.1, 0.15) is 45.6 Å². The molecule has 6 heterocycles. The third-order valence-corrected chi connectivity index (χ3v) is 6.47. The maximum Gasteiger partial charge on any atom is 0.0886 e. The average Bonchev–Trinajstić information content (AvgIpc) is 2.99. The molecule has 1 aliphatic heterocycles. The molecule has 6 bridgehead atoms. The quantitative estimate of drug-likeness (QED) is 0.194. The predicted octanol–water partition coefficient (Wildman–Crippen LogP) is 6.49. The van der Waals surface area contributed by atoms with Crippen molar-refractivity contribution in [3.8, 4) is 11.4 Å². The van der Waals surface area contributed by atoms with Gasteiger partial charge in [-0.1, -0.05) is 30.3 Å². The Kier molecular flexibility index (Phi) is 8.92. The molecule has 6 aromatic rings. The van der Waals surface area contributed by atoms with Crippen molar-refractivity contribution in [1.82, 2.24) is 24.9 Å². The van der Waals surface area contributed by atoms with E-state index in [9.17, 15) is 0 Å². The van der Waals surface area contributed by atoms with Gasteiger partial charge in [-0.05, 0) is 60.7 Å². The fourth-order valence-corrected chi connectivity index (χ4v) is 4.70. The van der Waals surface area contributed by atoms with Crippen LogP contribution >= 0.6 is 0 Å². The average molecular weight is 697 g/mol. The van der Waals surface area contributed by atoms with Crippen molar-refractivity contribution in [2.24, 2.45) is 0 Å². The molecular weight excluding hydrogens is 671 g/mol. The van der Waals surface area contributed by atoms with Crippen LogP contribution in [0.2, 0.25) is 0 Å². The van der Waals surface area contributed by atoms with Crippen LogP contribution in [-0.2, 0) is 32.9 Å². The zero-order chi connectivity index (χ0) is 26.3. The maximum atomic E-state index is 4.97. The molecule has 5 nitrogen and oxygen atoms in total. The van der Waals surface area contributed by atoms with Crippen molar-refractivity contribution in [2.75, 3.05) is 0 Å². The normalized spacial score (nSPS) is 12.0. The second-order valence-corrected chi connectivity index (χ2v) is 9.26. The van der Waals surface area contributed by atoms with E-state index >= 15 is 0 Å². The molecule has 5 aromatic heterocycles.